The van der Waals surface area contributed by atoms with Gasteiger partial charge in [-0.15, -0.1) is 0 Å². The van der Waals surface area contributed by atoms with Gasteiger partial charge in [0.15, 0.2) is 0 Å². The molecule has 2 aromatic rings. The van der Waals surface area contributed by atoms with Crippen LogP contribution in [-0.2, 0) is 0 Å². The van der Waals surface area contributed by atoms with Gasteiger partial charge >= 0.3 is 0 Å². The number of hydrogen-bond donors (Lipinski definition) is 2. The highest BCUT2D eigenvalue weighted by atomic mass is 79.9. The lowest BCUT2D eigenvalue weighted by molar-refractivity contribution is 0.102. The number of pyridine rings is 1. The quantitative estimate of drug-likeness (QED) is 0.869. The highest BCUT2D eigenvalue weighted by molar-refractivity contribution is 9.10. The van der Waals surface area contributed by atoms with Crippen LogP contribution in [0.3, 0.4) is 0 Å². The normalized spacial score (nSPS) is 9.85. The van der Waals surface area contributed by atoms with Crippen LogP contribution in [0.25, 0.3) is 0 Å². The lowest BCUT2D eigenvalue weighted by Gasteiger charge is -2.09. The molecule has 7 heteroatoms. The second kappa shape index (κ2) is 5.90. The van der Waals surface area contributed by atoms with Crippen molar-refractivity contribution in [2.45, 2.75) is 0 Å². The molecular formula is C13H8BrClN4O. The Morgan fingerprint density at radius 1 is 1.45 bits per heavy atom. The lowest BCUT2D eigenvalue weighted by Crippen LogP contribution is -2.14. The molecule has 0 unspecified atom stereocenters. The standard InChI is InChI=1S/C13H8BrClN4O/c14-8-2-1-7(5-16)11(3-8)19-13(20)9-4-12(17)18-6-10(9)15/h1-4,6H,(H2,17,18)(H,19,20). The molecule has 0 bridgehead atoms. The van der Waals surface area contributed by atoms with E-state index >= 15 is 0 Å². The Morgan fingerprint density at radius 3 is 2.90 bits per heavy atom. The number of carbonyl (C=O) groups is 1. The summed E-state index contributed by atoms with van der Waals surface area (Å²) in [5, 5.41) is 11.8. The Morgan fingerprint density at radius 2 is 2.20 bits per heavy atom. The number of nitrogens with zero attached hydrogens (tertiary/aromatic N) is 2. The Hall–Kier alpha value is -2.10. The number of rotatable bonds is 2. The van der Waals surface area contributed by atoms with E-state index in [0.717, 1.165) is 4.47 Å². The van der Waals surface area contributed by atoms with Gasteiger partial charge in [-0.05, 0) is 24.3 Å². The van der Waals surface area contributed by atoms with E-state index in [1.165, 1.54) is 12.3 Å². The fourth-order valence-electron chi connectivity index (χ4n) is 1.54. The molecule has 0 atom stereocenters. The molecule has 0 saturated carbocycles. The summed E-state index contributed by atoms with van der Waals surface area (Å²) >= 11 is 9.19. The van der Waals surface area contributed by atoms with E-state index in [1.807, 2.05) is 6.07 Å². The molecule has 3 N–H and O–H groups in total. The van der Waals surface area contributed by atoms with Gasteiger partial charge < -0.3 is 11.1 Å². The number of nitrogens with one attached hydrogen (secondary N) is 1. The van der Waals surface area contributed by atoms with E-state index in [-0.39, 0.29) is 16.4 Å². The highest BCUT2D eigenvalue weighted by Gasteiger charge is 2.13. The van der Waals surface area contributed by atoms with Crippen molar-refractivity contribution in [3.05, 3.63) is 51.1 Å². The number of hydrogen-bond acceptors (Lipinski definition) is 4. The fraction of sp³-hybridized carbons (Fsp3) is 0. The third-order valence-electron chi connectivity index (χ3n) is 2.47. The zero-order chi connectivity index (χ0) is 14.7. The molecule has 2 rings (SSSR count). The molecule has 0 radical (unpaired) electrons. The van der Waals surface area contributed by atoms with Crippen LogP contribution in [-0.4, -0.2) is 10.9 Å². The van der Waals surface area contributed by atoms with E-state index < -0.39 is 5.91 Å². The van der Waals surface area contributed by atoms with Gasteiger partial charge in [0.2, 0.25) is 0 Å². The Kier molecular flexibility index (Phi) is 4.23. The van der Waals surface area contributed by atoms with Crippen molar-refractivity contribution in [1.82, 2.24) is 4.98 Å². The smallest absolute Gasteiger partial charge is 0.257 e. The van der Waals surface area contributed by atoms with Gasteiger partial charge in [0, 0.05) is 10.7 Å². The number of carbonyl (C=O) groups excluding carboxylic acids is 1. The van der Waals surface area contributed by atoms with Crippen LogP contribution in [0.1, 0.15) is 15.9 Å². The van der Waals surface area contributed by atoms with Crippen LogP contribution >= 0.6 is 27.5 Å². The van der Waals surface area contributed by atoms with Gasteiger partial charge in [0.25, 0.3) is 5.91 Å². The summed E-state index contributed by atoms with van der Waals surface area (Å²) in [6.45, 7) is 0. The Bertz CT molecular complexity index is 727. The topological polar surface area (TPSA) is 91.8 Å². The number of halogens is 2. The van der Waals surface area contributed by atoms with Crippen LogP contribution in [0, 0.1) is 11.3 Å². The molecule has 100 valence electrons. The molecule has 1 amide bonds. The largest absolute Gasteiger partial charge is 0.384 e. The summed E-state index contributed by atoms with van der Waals surface area (Å²) in [4.78, 5) is 15.9. The summed E-state index contributed by atoms with van der Waals surface area (Å²) in [5.41, 5.74) is 6.46. The average molecular weight is 352 g/mol. The molecule has 1 aromatic carbocycles. The van der Waals surface area contributed by atoms with Crippen molar-refractivity contribution in [2.24, 2.45) is 0 Å². The minimum atomic E-state index is -0.460. The van der Waals surface area contributed by atoms with Crippen molar-refractivity contribution < 1.29 is 4.79 Å². The van der Waals surface area contributed by atoms with Crippen molar-refractivity contribution in [3.8, 4) is 6.07 Å². The molecule has 20 heavy (non-hydrogen) atoms. The lowest BCUT2D eigenvalue weighted by atomic mass is 10.1. The van der Waals surface area contributed by atoms with Gasteiger partial charge in [0.1, 0.15) is 11.9 Å². The number of amides is 1. The maximum absolute atomic E-state index is 12.2. The van der Waals surface area contributed by atoms with Gasteiger partial charge in [-0.2, -0.15) is 5.26 Å². The summed E-state index contributed by atoms with van der Waals surface area (Å²) in [6, 6.07) is 8.32. The number of nitriles is 1. The molecule has 0 spiro atoms. The van der Waals surface area contributed by atoms with Crippen LogP contribution < -0.4 is 11.1 Å². The molecule has 0 aliphatic carbocycles. The summed E-state index contributed by atoms with van der Waals surface area (Å²) in [7, 11) is 0. The predicted molar refractivity (Wildman–Crippen MR) is 80.5 cm³/mol. The fourth-order valence-corrected chi connectivity index (χ4v) is 2.09. The number of benzene rings is 1. The summed E-state index contributed by atoms with van der Waals surface area (Å²) < 4.78 is 0.743. The minimum absolute atomic E-state index is 0.185. The first-order chi connectivity index (χ1) is 9.51. The molecule has 1 aromatic heterocycles. The minimum Gasteiger partial charge on any atom is -0.384 e. The zero-order valence-electron chi connectivity index (χ0n) is 10.0. The number of aromatic nitrogens is 1. The third kappa shape index (κ3) is 3.07. The average Bonchev–Trinajstić information content (AvgIpc) is 2.41. The maximum Gasteiger partial charge on any atom is 0.257 e. The van der Waals surface area contributed by atoms with E-state index in [9.17, 15) is 4.79 Å². The zero-order valence-corrected chi connectivity index (χ0v) is 12.4. The van der Waals surface area contributed by atoms with Gasteiger partial charge in [-0.3, -0.25) is 4.79 Å². The van der Waals surface area contributed by atoms with Gasteiger partial charge in [-0.25, -0.2) is 4.98 Å². The SMILES string of the molecule is N#Cc1ccc(Br)cc1NC(=O)c1cc(N)ncc1Cl. The van der Waals surface area contributed by atoms with Crippen LogP contribution in [0.4, 0.5) is 11.5 Å². The predicted octanol–water partition coefficient (Wildman–Crippen LogP) is 3.20. The van der Waals surface area contributed by atoms with E-state index in [2.05, 4.69) is 26.2 Å². The number of nitrogen functional groups attached to an aromatic ring is 1. The van der Waals surface area contributed by atoms with Crippen molar-refractivity contribution >= 4 is 44.9 Å². The van der Waals surface area contributed by atoms with E-state index in [1.54, 1.807) is 18.2 Å². The molecule has 0 aliphatic rings. The molecule has 0 saturated heterocycles. The molecule has 0 fully saturated rings. The van der Waals surface area contributed by atoms with Crippen LogP contribution in [0.2, 0.25) is 5.02 Å². The van der Waals surface area contributed by atoms with E-state index in [4.69, 9.17) is 22.6 Å². The Balaban J connectivity index is 2.35. The van der Waals surface area contributed by atoms with Crippen molar-refractivity contribution in [1.29, 1.82) is 5.26 Å². The van der Waals surface area contributed by atoms with Crippen LogP contribution in [0.5, 0.6) is 0 Å². The van der Waals surface area contributed by atoms with Gasteiger partial charge in [0.05, 0.1) is 21.8 Å². The molecule has 1 heterocycles. The first kappa shape index (κ1) is 14.3. The molecule has 5 nitrogen and oxygen atoms in total. The molecule has 0 aliphatic heterocycles. The summed E-state index contributed by atoms with van der Waals surface area (Å²) in [6.07, 6.45) is 1.30. The first-order valence-electron chi connectivity index (χ1n) is 5.43. The molecular weight excluding hydrogens is 344 g/mol. The highest BCUT2D eigenvalue weighted by Crippen LogP contribution is 2.23. The number of anilines is 2. The van der Waals surface area contributed by atoms with Gasteiger partial charge in [-0.1, -0.05) is 27.5 Å². The summed E-state index contributed by atoms with van der Waals surface area (Å²) in [5.74, 6) is -0.270. The Labute approximate surface area is 128 Å². The number of nitrogens with two attached hydrogens (primary N) is 1. The van der Waals surface area contributed by atoms with Crippen molar-refractivity contribution in [2.75, 3.05) is 11.1 Å². The van der Waals surface area contributed by atoms with Crippen LogP contribution in [0.15, 0.2) is 34.9 Å². The second-order valence-corrected chi connectivity index (χ2v) is 5.17. The third-order valence-corrected chi connectivity index (χ3v) is 3.27. The maximum atomic E-state index is 12.2. The first-order valence-corrected chi connectivity index (χ1v) is 6.60. The second-order valence-electron chi connectivity index (χ2n) is 3.84. The van der Waals surface area contributed by atoms with Crippen molar-refractivity contribution in [3.63, 3.8) is 0 Å². The monoisotopic (exact) mass is 350 g/mol. The van der Waals surface area contributed by atoms with E-state index in [0.29, 0.717) is 11.3 Å².